The summed E-state index contributed by atoms with van der Waals surface area (Å²) in [5.74, 6) is -0.452. The van der Waals surface area contributed by atoms with Gasteiger partial charge in [-0.05, 0) is 12.8 Å². The van der Waals surface area contributed by atoms with E-state index in [9.17, 15) is 14.7 Å². The number of aliphatic hydroxyl groups excluding tert-OH is 1. The molecule has 6 heteroatoms. The number of carbonyl (C=O) groups is 2. The summed E-state index contributed by atoms with van der Waals surface area (Å²) in [5, 5.41) is 12.7. The van der Waals surface area contributed by atoms with Crippen LogP contribution in [0.25, 0.3) is 0 Å². The van der Waals surface area contributed by atoms with Gasteiger partial charge in [-0.15, -0.1) is 0 Å². The van der Waals surface area contributed by atoms with Crippen LogP contribution in [0.15, 0.2) is 0 Å². The number of aliphatic hydroxyl groups is 1. The fraction of sp³-hybridized carbons (Fsp3) is 0.857. The van der Waals surface area contributed by atoms with Gasteiger partial charge < -0.3 is 15.2 Å². The number of amides is 1. The molecule has 2 N–H and O–H groups in total. The van der Waals surface area contributed by atoms with Crippen molar-refractivity contribution in [3.8, 4) is 0 Å². The first kappa shape index (κ1) is 15.3. The van der Waals surface area contributed by atoms with E-state index in [-0.39, 0.29) is 24.5 Å². The average Bonchev–Trinajstić information content (AvgIpc) is 2.79. The van der Waals surface area contributed by atoms with Gasteiger partial charge >= 0.3 is 5.97 Å². The summed E-state index contributed by atoms with van der Waals surface area (Å²) in [6, 6.07) is -0.243. The Balaban J connectivity index is 1.84. The molecule has 0 aromatic rings. The van der Waals surface area contributed by atoms with Crippen LogP contribution in [-0.2, 0) is 14.3 Å². The minimum Gasteiger partial charge on any atom is -0.468 e. The van der Waals surface area contributed by atoms with Crippen LogP contribution in [0, 0.1) is 0 Å². The lowest BCUT2D eigenvalue weighted by Gasteiger charge is -2.25. The number of nitrogens with one attached hydrogen (secondary N) is 1. The molecule has 0 radical (unpaired) electrons. The fourth-order valence-electron chi connectivity index (χ4n) is 3.14. The molecule has 2 atom stereocenters. The fourth-order valence-corrected chi connectivity index (χ4v) is 3.14. The summed E-state index contributed by atoms with van der Waals surface area (Å²) in [5.41, 5.74) is 0. The number of carbonyl (C=O) groups excluding carboxylic acids is 2. The maximum absolute atomic E-state index is 12.0. The molecule has 1 heterocycles. The molecule has 2 unspecified atom stereocenters. The molecule has 1 saturated heterocycles. The van der Waals surface area contributed by atoms with Gasteiger partial charge in [0.05, 0.1) is 19.8 Å². The van der Waals surface area contributed by atoms with Crippen molar-refractivity contribution < 1.29 is 19.4 Å². The predicted molar refractivity (Wildman–Crippen MR) is 73.0 cm³/mol. The Labute approximate surface area is 119 Å². The quantitative estimate of drug-likeness (QED) is 0.713. The standard InChI is InChI=1S/C14H24N2O4/c1-20-14(19)12-7-11(17)8-16(12)9-13(18)15-10-5-3-2-4-6-10/h10-12,17H,2-9H2,1H3,(H,15,18). The first-order valence-corrected chi connectivity index (χ1v) is 7.39. The Morgan fingerprint density at radius 1 is 1.30 bits per heavy atom. The van der Waals surface area contributed by atoms with E-state index in [0.717, 1.165) is 25.7 Å². The topological polar surface area (TPSA) is 78.9 Å². The molecule has 1 aliphatic carbocycles. The number of esters is 1. The van der Waals surface area contributed by atoms with Crippen molar-refractivity contribution >= 4 is 11.9 Å². The molecule has 20 heavy (non-hydrogen) atoms. The van der Waals surface area contributed by atoms with Gasteiger partial charge in [-0.1, -0.05) is 19.3 Å². The van der Waals surface area contributed by atoms with Crippen LogP contribution in [0.5, 0.6) is 0 Å². The van der Waals surface area contributed by atoms with Crippen molar-refractivity contribution in [3.63, 3.8) is 0 Å². The lowest BCUT2D eigenvalue weighted by Crippen LogP contribution is -2.46. The molecule has 6 nitrogen and oxygen atoms in total. The Hall–Kier alpha value is -1.14. The molecule has 0 spiro atoms. The molecule has 1 amide bonds. The summed E-state index contributed by atoms with van der Waals surface area (Å²) < 4.78 is 4.72. The van der Waals surface area contributed by atoms with Crippen molar-refractivity contribution in [2.24, 2.45) is 0 Å². The molecular weight excluding hydrogens is 260 g/mol. The zero-order valence-corrected chi connectivity index (χ0v) is 12.0. The maximum Gasteiger partial charge on any atom is 0.323 e. The van der Waals surface area contributed by atoms with Crippen LogP contribution in [0.3, 0.4) is 0 Å². The molecular formula is C14H24N2O4. The average molecular weight is 284 g/mol. The normalized spacial score (nSPS) is 28.3. The molecule has 2 rings (SSSR count). The highest BCUT2D eigenvalue weighted by molar-refractivity contribution is 5.81. The summed E-state index contributed by atoms with van der Waals surface area (Å²) in [4.78, 5) is 25.4. The van der Waals surface area contributed by atoms with E-state index < -0.39 is 12.1 Å². The Kier molecular flexibility index (Phi) is 5.37. The third-order valence-electron chi connectivity index (χ3n) is 4.17. The van der Waals surface area contributed by atoms with Gasteiger partial charge in [-0.25, -0.2) is 0 Å². The molecule has 2 fully saturated rings. The van der Waals surface area contributed by atoms with Crippen LogP contribution in [0.1, 0.15) is 38.5 Å². The summed E-state index contributed by atoms with van der Waals surface area (Å²) in [7, 11) is 1.33. The van der Waals surface area contributed by atoms with Gasteiger partial charge in [-0.2, -0.15) is 0 Å². The second kappa shape index (κ2) is 7.04. The first-order chi connectivity index (χ1) is 9.60. The van der Waals surface area contributed by atoms with Crippen molar-refractivity contribution in [2.45, 2.75) is 56.7 Å². The van der Waals surface area contributed by atoms with Gasteiger partial charge in [-0.3, -0.25) is 14.5 Å². The van der Waals surface area contributed by atoms with Crippen LogP contribution in [-0.4, -0.2) is 60.3 Å². The lowest BCUT2D eigenvalue weighted by molar-refractivity contribution is -0.146. The number of methoxy groups -OCH3 is 1. The van der Waals surface area contributed by atoms with Crippen LogP contribution in [0.2, 0.25) is 0 Å². The van der Waals surface area contributed by atoms with Crippen LogP contribution < -0.4 is 5.32 Å². The highest BCUT2D eigenvalue weighted by atomic mass is 16.5. The van der Waals surface area contributed by atoms with Crippen molar-refractivity contribution in [1.29, 1.82) is 0 Å². The van der Waals surface area contributed by atoms with Gasteiger partial charge in [0.1, 0.15) is 6.04 Å². The number of β-amino-alcohol motifs (C(OH)–C–C–N with tert-alkyl or cyclic N) is 1. The van der Waals surface area contributed by atoms with Gasteiger partial charge in [0.15, 0.2) is 0 Å². The maximum atomic E-state index is 12.0. The van der Waals surface area contributed by atoms with Crippen LogP contribution >= 0.6 is 0 Å². The minimum absolute atomic E-state index is 0.0695. The Morgan fingerprint density at radius 3 is 2.65 bits per heavy atom. The second-order valence-electron chi connectivity index (χ2n) is 5.76. The summed E-state index contributed by atoms with van der Waals surface area (Å²) >= 11 is 0. The molecule has 0 aromatic carbocycles. The third kappa shape index (κ3) is 3.93. The lowest BCUT2D eigenvalue weighted by atomic mass is 9.95. The van der Waals surface area contributed by atoms with E-state index in [1.807, 2.05) is 0 Å². The van der Waals surface area contributed by atoms with E-state index in [2.05, 4.69) is 5.32 Å². The monoisotopic (exact) mass is 284 g/mol. The van der Waals surface area contributed by atoms with E-state index in [4.69, 9.17) is 4.74 Å². The minimum atomic E-state index is -0.568. The SMILES string of the molecule is COC(=O)C1CC(O)CN1CC(=O)NC1CCCCC1. The number of nitrogens with zero attached hydrogens (tertiary/aromatic N) is 1. The van der Waals surface area contributed by atoms with Gasteiger partial charge in [0, 0.05) is 19.0 Å². The molecule has 1 aliphatic heterocycles. The van der Waals surface area contributed by atoms with E-state index >= 15 is 0 Å². The van der Waals surface area contributed by atoms with Gasteiger partial charge in [0.2, 0.25) is 5.91 Å². The number of hydrogen-bond donors (Lipinski definition) is 2. The van der Waals surface area contributed by atoms with Crippen LogP contribution in [0.4, 0.5) is 0 Å². The molecule has 0 aromatic heterocycles. The molecule has 0 bridgehead atoms. The molecule has 114 valence electrons. The highest BCUT2D eigenvalue weighted by Gasteiger charge is 2.37. The smallest absolute Gasteiger partial charge is 0.323 e. The number of hydrogen-bond acceptors (Lipinski definition) is 5. The third-order valence-corrected chi connectivity index (χ3v) is 4.17. The Morgan fingerprint density at radius 2 is 2.00 bits per heavy atom. The summed E-state index contributed by atoms with van der Waals surface area (Å²) in [6.45, 7) is 0.491. The van der Waals surface area contributed by atoms with Crippen molar-refractivity contribution in [3.05, 3.63) is 0 Å². The second-order valence-corrected chi connectivity index (χ2v) is 5.76. The highest BCUT2D eigenvalue weighted by Crippen LogP contribution is 2.20. The zero-order valence-electron chi connectivity index (χ0n) is 12.0. The number of rotatable bonds is 4. The summed E-state index contributed by atoms with van der Waals surface area (Å²) in [6.07, 6.45) is 5.42. The van der Waals surface area contributed by atoms with Crippen molar-refractivity contribution in [1.82, 2.24) is 10.2 Å². The number of ether oxygens (including phenoxy) is 1. The van der Waals surface area contributed by atoms with E-state index in [0.29, 0.717) is 13.0 Å². The molecule has 1 saturated carbocycles. The van der Waals surface area contributed by atoms with E-state index in [1.165, 1.54) is 13.5 Å². The Bertz CT molecular complexity index is 355. The molecule has 2 aliphatic rings. The van der Waals surface area contributed by atoms with Crippen molar-refractivity contribution in [2.75, 3.05) is 20.2 Å². The van der Waals surface area contributed by atoms with Gasteiger partial charge in [0.25, 0.3) is 0 Å². The first-order valence-electron chi connectivity index (χ1n) is 7.39. The number of likely N-dealkylation sites (tertiary alicyclic amines) is 1. The largest absolute Gasteiger partial charge is 0.468 e. The zero-order chi connectivity index (χ0) is 14.5. The predicted octanol–water partition coefficient (Wildman–Crippen LogP) is 0.0435. The van der Waals surface area contributed by atoms with E-state index in [1.54, 1.807) is 4.90 Å².